The van der Waals surface area contributed by atoms with E-state index < -0.39 is 0 Å². The lowest BCUT2D eigenvalue weighted by Gasteiger charge is -2.34. The monoisotopic (exact) mass is 291 g/mol. The van der Waals surface area contributed by atoms with Crippen LogP contribution in [-0.4, -0.2) is 11.8 Å². The molecule has 20 heavy (non-hydrogen) atoms. The summed E-state index contributed by atoms with van der Waals surface area (Å²) in [6.07, 6.45) is 4.93. The van der Waals surface area contributed by atoms with Crippen molar-refractivity contribution in [1.29, 1.82) is 0 Å². The molecule has 1 N–H and O–H groups in total. The van der Waals surface area contributed by atoms with E-state index in [1.807, 2.05) is 24.3 Å². The van der Waals surface area contributed by atoms with Gasteiger partial charge < -0.3 is 0 Å². The minimum Gasteiger partial charge on any atom is -0.296 e. The second-order valence-corrected chi connectivity index (χ2v) is 6.28. The van der Waals surface area contributed by atoms with E-state index in [4.69, 9.17) is 11.6 Å². The highest BCUT2D eigenvalue weighted by molar-refractivity contribution is 6.30. The summed E-state index contributed by atoms with van der Waals surface area (Å²) in [5, 5.41) is 3.17. The van der Waals surface area contributed by atoms with Crippen molar-refractivity contribution in [3.63, 3.8) is 0 Å². The molecule has 2 atom stereocenters. The predicted octanol–water partition coefficient (Wildman–Crippen LogP) is 3.28. The van der Waals surface area contributed by atoms with Crippen molar-refractivity contribution in [2.45, 2.75) is 38.0 Å². The van der Waals surface area contributed by atoms with Crippen molar-refractivity contribution in [1.82, 2.24) is 5.32 Å². The maximum absolute atomic E-state index is 12.3. The predicted molar refractivity (Wildman–Crippen MR) is 77.4 cm³/mol. The van der Waals surface area contributed by atoms with Crippen molar-refractivity contribution >= 4 is 23.4 Å². The van der Waals surface area contributed by atoms with Crippen LogP contribution < -0.4 is 5.32 Å². The zero-order valence-electron chi connectivity index (χ0n) is 11.3. The van der Waals surface area contributed by atoms with Gasteiger partial charge in [0, 0.05) is 23.3 Å². The third-order valence-electron chi connectivity index (χ3n) is 4.59. The highest BCUT2D eigenvalue weighted by Gasteiger charge is 2.42. The van der Waals surface area contributed by atoms with E-state index in [2.05, 4.69) is 5.32 Å². The van der Waals surface area contributed by atoms with Gasteiger partial charge in [0.15, 0.2) is 0 Å². The molecule has 106 valence electrons. The lowest BCUT2D eigenvalue weighted by atomic mass is 9.73. The summed E-state index contributed by atoms with van der Waals surface area (Å²) in [5.74, 6) is 0.00569. The van der Waals surface area contributed by atoms with Crippen LogP contribution in [0, 0.1) is 11.8 Å². The number of imide groups is 1. The molecule has 2 fully saturated rings. The van der Waals surface area contributed by atoms with Gasteiger partial charge in [-0.3, -0.25) is 14.9 Å². The Morgan fingerprint density at radius 2 is 1.90 bits per heavy atom. The highest BCUT2D eigenvalue weighted by Crippen LogP contribution is 2.43. The Morgan fingerprint density at radius 3 is 2.60 bits per heavy atom. The molecule has 0 spiro atoms. The van der Waals surface area contributed by atoms with Gasteiger partial charge >= 0.3 is 0 Å². The van der Waals surface area contributed by atoms with Crippen molar-refractivity contribution < 1.29 is 9.59 Å². The molecule has 0 aromatic heterocycles. The Bertz CT molecular complexity index is 537. The first-order valence-corrected chi connectivity index (χ1v) is 7.62. The number of benzene rings is 1. The van der Waals surface area contributed by atoms with Gasteiger partial charge in [0.05, 0.1) is 0 Å². The molecule has 1 aliphatic heterocycles. The fraction of sp³-hybridized carbons (Fsp3) is 0.500. The number of carbonyl (C=O) groups is 2. The number of nitrogens with one attached hydrogen (secondary N) is 1. The molecule has 2 aliphatic rings. The number of piperidine rings is 1. The lowest BCUT2D eigenvalue weighted by Crippen LogP contribution is -2.47. The third kappa shape index (κ3) is 2.59. The summed E-state index contributed by atoms with van der Waals surface area (Å²) in [6.45, 7) is 0. The van der Waals surface area contributed by atoms with Crippen LogP contribution in [0.25, 0.3) is 0 Å². The summed E-state index contributed by atoms with van der Waals surface area (Å²) in [5.41, 5.74) is 1.01. The van der Waals surface area contributed by atoms with Gasteiger partial charge in [-0.05, 0) is 36.5 Å². The van der Waals surface area contributed by atoms with Crippen molar-refractivity contribution in [3.05, 3.63) is 34.9 Å². The molecule has 0 radical (unpaired) electrons. The van der Waals surface area contributed by atoms with Crippen LogP contribution in [0.4, 0.5) is 0 Å². The molecular weight excluding hydrogens is 274 g/mol. The van der Waals surface area contributed by atoms with Gasteiger partial charge in [0.2, 0.25) is 11.8 Å². The van der Waals surface area contributed by atoms with Gasteiger partial charge in [0.1, 0.15) is 0 Å². The van der Waals surface area contributed by atoms with Crippen LogP contribution in [0.1, 0.15) is 43.6 Å². The Balaban J connectivity index is 1.94. The van der Waals surface area contributed by atoms with Crippen LogP contribution in [0.5, 0.6) is 0 Å². The number of hydrogen-bond acceptors (Lipinski definition) is 2. The maximum Gasteiger partial charge on any atom is 0.230 e. The smallest absolute Gasteiger partial charge is 0.230 e. The molecule has 1 aromatic rings. The van der Waals surface area contributed by atoms with Crippen LogP contribution in [-0.2, 0) is 9.59 Å². The third-order valence-corrected chi connectivity index (χ3v) is 4.82. The number of carbonyl (C=O) groups excluding carboxylic acids is 2. The molecule has 0 bridgehead atoms. The molecule has 3 nitrogen and oxygen atoms in total. The molecular formula is C16H18ClNO2. The van der Waals surface area contributed by atoms with Crippen LogP contribution >= 0.6 is 11.6 Å². The fourth-order valence-electron chi connectivity index (χ4n) is 3.70. The van der Waals surface area contributed by atoms with Crippen molar-refractivity contribution in [2.24, 2.45) is 11.8 Å². The summed E-state index contributed by atoms with van der Waals surface area (Å²) in [6, 6.07) is 7.57. The minimum absolute atomic E-state index is 0.0296. The van der Waals surface area contributed by atoms with E-state index in [-0.39, 0.29) is 23.7 Å². The van der Waals surface area contributed by atoms with Gasteiger partial charge in [-0.1, -0.05) is 36.6 Å². The van der Waals surface area contributed by atoms with Gasteiger partial charge in [-0.2, -0.15) is 0 Å². The zero-order chi connectivity index (χ0) is 14.1. The Morgan fingerprint density at radius 1 is 1.15 bits per heavy atom. The van der Waals surface area contributed by atoms with Gasteiger partial charge in [-0.15, -0.1) is 0 Å². The molecule has 4 heteroatoms. The van der Waals surface area contributed by atoms with E-state index in [0.717, 1.165) is 18.4 Å². The van der Waals surface area contributed by atoms with Crippen LogP contribution in [0.2, 0.25) is 5.02 Å². The lowest BCUT2D eigenvalue weighted by molar-refractivity contribution is -0.138. The van der Waals surface area contributed by atoms with E-state index >= 15 is 0 Å². The summed E-state index contributed by atoms with van der Waals surface area (Å²) in [4.78, 5) is 24.0. The molecule has 3 rings (SSSR count). The normalized spacial score (nSPS) is 27.6. The van der Waals surface area contributed by atoms with Crippen molar-refractivity contribution in [2.75, 3.05) is 0 Å². The molecule has 1 saturated heterocycles. The van der Waals surface area contributed by atoms with E-state index in [0.29, 0.717) is 17.4 Å². The molecule has 1 aromatic carbocycles. The topological polar surface area (TPSA) is 46.2 Å². The average Bonchev–Trinajstić information content (AvgIpc) is 2.91. The largest absolute Gasteiger partial charge is 0.296 e. The number of rotatable bonds is 2. The Kier molecular flexibility index (Phi) is 3.79. The zero-order valence-corrected chi connectivity index (χ0v) is 12.0. The van der Waals surface area contributed by atoms with Gasteiger partial charge in [-0.25, -0.2) is 0 Å². The summed E-state index contributed by atoms with van der Waals surface area (Å²) in [7, 11) is 0. The Hall–Kier alpha value is -1.35. The maximum atomic E-state index is 12.3. The first-order valence-electron chi connectivity index (χ1n) is 7.24. The van der Waals surface area contributed by atoms with Crippen LogP contribution in [0.15, 0.2) is 24.3 Å². The number of halogens is 1. The molecule has 2 unspecified atom stereocenters. The van der Waals surface area contributed by atoms with E-state index in [1.54, 1.807) is 0 Å². The number of hydrogen-bond donors (Lipinski definition) is 1. The van der Waals surface area contributed by atoms with Crippen molar-refractivity contribution in [3.8, 4) is 0 Å². The minimum atomic E-state index is -0.172. The quantitative estimate of drug-likeness (QED) is 0.850. The number of amides is 2. The van der Waals surface area contributed by atoms with E-state index in [9.17, 15) is 9.59 Å². The Labute approximate surface area is 123 Å². The SMILES string of the molecule is O=C1CC(c2cccc(Cl)c2)C(C2CCCC2)C(=O)N1. The highest BCUT2D eigenvalue weighted by atomic mass is 35.5. The second kappa shape index (κ2) is 5.57. The first-order chi connectivity index (χ1) is 9.65. The fourth-order valence-corrected chi connectivity index (χ4v) is 3.90. The summed E-state index contributed by atoms with van der Waals surface area (Å²) >= 11 is 6.06. The molecule has 1 aliphatic carbocycles. The second-order valence-electron chi connectivity index (χ2n) is 5.85. The molecule has 2 amide bonds. The molecule has 1 heterocycles. The summed E-state index contributed by atoms with van der Waals surface area (Å²) < 4.78 is 0. The van der Waals surface area contributed by atoms with Gasteiger partial charge in [0.25, 0.3) is 0 Å². The van der Waals surface area contributed by atoms with E-state index in [1.165, 1.54) is 12.8 Å². The average molecular weight is 292 g/mol. The standard InChI is InChI=1S/C16H18ClNO2/c17-12-7-3-6-11(8-12)13-9-14(19)18-16(20)15(13)10-4-1-2-5-10/h3,6-8,10,13,15H,1-2,4-5,9H2,(H,18,19,20). The molecule has 1 saturated carbocycles. The van der Waals surface area contributed by atoms with Crippen LogP contribution in [0.3, 0.4) is 0 Å². The first kappa shape index (κ1) is 13.6.